The fourth-order valence-electron chi connectivity index (χ4n) is 2.27. The zero-order valence-corrected chi connectivity index (χ0v) is 10.5. The van der Waals surface area contributed by atoms with Crippen LogP contribution in [0.25, 0.3) is 0 Å². The Morgan fingerprint density at radius 2 is 2.38 bits per heavy atom. The third kappa shape index (κ3) is 3.16. The van der Waals surface area contributed by atoms with Crippen LogP contribution in [0.3, 0.4) is 0 Å². The van der Waals surface area contributed by atoms with E-state index in [1.54, 1.807) is 0 Å². The summed E-state index contributed by atoms with van der Waals surface area (Å²) < 4.78 is 28.2. The number of rotatable bonds is 3. The van der Waals surface area contributed by atoms with E-state index in [0.29, 0.717) is 24.8 Å². The van der Waals surface area contributed by atoms with Gasteiger partial charge in [-0.2, -0.15) is 0 Å². The molecule has 0 aliphatic carbocycles. The molecule has 2 heterocycles. The number of ether oxygens (including phenoxy) is 1. The Balaban J connectivity index is 1.81. The van der Waals surface area contributed by atoms with Crippen LogP contribution in [0.15, 0.2) is 0 Å². The first-order chi connectivity index (χ1) is 7.49. The van der Waals surface area contributed by atoms with Crippen molar-refractivity contribution in [1.29, 1.82) is 0 Å². The lowest BCUT2D eigenvalue weighted by molar-refractivity contribution is 0.0744. The summed E-state index contributed by atoms with van der Waals surface area (Å²) in [5, 5.41) is 6.71. The first kappa shape index (κ1) is 12.3. The molecule has 2 aliphatic heterocycles. The molecule has 94 valence electrons. The van der Waals surface area contributed by atoms with Crippen LogP contribution in [0.2, 0.25) is 0 Å². The molecular formula is C10H20N2O3S. The quantitative estimate of drug-likeness (QED) is 0.680. The fourth-order valence-corrected chi connectivity index (χ4v) is 4.39. The predicted octanol–water partition coefficient (Wildman–Crippen LogP) is -0.858. The predicted molar refractivity (Wildman–Crippen MR) is 62.3 cm³/mol. The summed E-state index contributed by atoms with van der Waals surface area (Å²) in [6.07, 6.45) is 0.711. The van der Waals surface area contributed by atoms with Crippen molar-refractivity contribution in [3.8, 4) is 0 Å². The lowest BCUT2D eigenvalue weighted by Gasteiger charge is -2.30. The lowest BCUT2D eigenvalue weighted by Crippen LogP contribution is -2.53. The van der Waals surface area contributed by atoms with Crippen LogP contribution in [0, 0.1) is 0 Å². The van der Waals surface area contributed by atoms with E-state index in [1.807, 2.05) is 6.92 Å². The van der Waals surface area contributed by atoms with E-state index < -0.39 is 9.84 Å². The summed E-state index contributed by atoms with van der Waals surface area (Å²) in [6.45, 7) is 5.10. The SMILES string of the molecule is CC1(NCC2COCCN2)CCS(=O)(=O)C1. The van der Waals surface area contributed by atoms with Crippen LogP contribution in [-0.2, 0) is 14.6 Å². The van der Waals surface area contributed by atoms with Crippen LogP contribution >= 0.6 is 0 Å². The minimum Gasteiger partial charge on any atom is -0.378 e. The highest BCUT2D eigenvalue weighted by Gasteiger charge is 2.38. The van der Waals surface area contributed by atoms with Crippen LogP contribution in [0.4, 0.5) is 0 Å². The fraction of sp³-hybridized carbons (Fsp3) is 1.00. The normalized spacial score (nSPS) is 38.7. The summed E-state index contributed by atoms with van der Waals surface area (Å²) in [4.78, 5) is 0. The maximum absolute atomic E-state index is 11.4. The summed E-state index contributed by atoms with van der Waals surface area (Å²) in [5.41, 5.74) is -0.252. The van der Waals surface area contributed by atoms with E-state index in [-0.39, 0.29) is 11.3 Å². The van der Waals surface area contributed by atoms with E-state index in [1.165, 1.54) is 0 Å². The van der Waals surface area contributed by atoms with Gasteiger partial charge in [0.25, 0.3) is 0 Å². The molecule has 0 aromatic carbocycles. The van der Waals surface area contributed by atoms with Gasteiger partial charge in [0.05, 0.1) is 24.7 Å². The van der Waals surface area contributed by atoms with Gasteiger partial charge in [0.2, 0.25) is 0 Å². The van der Waals surface area contributed by atoms with E-state index >= 15 is 0 Å². The average Bonchev–Trinajstić information content (AvgIpc) is 2.53. The van der Waals surface area contributed by atoms with Gasteiger partial charge in [-0.05, 0) is 13.3 Å². The molecule has 2 fully saturated rings. The number of sulfone groups is 1. The van der Waals surface area contributed by atoms with Crippen LogP contribution in [0.1, 0.15) is 13.3 Å². The standard InChI is InChI=1S/C10H20N2O3S/c1-10(2-5-16(13,14)8-10)12-6-9-7-15-4-3-11-9/h9,11-12H,2-8H2,1H3. The maximum Gasteiger partial charge on any atom is 0.152 e. The van der Waals surface area contributed by atoms with Crippen molar-refractivity contribution in [1.82, 2.24) is 10.6 Å². The zero-order valence-electron chi connectivity index (χ0n) is 9.66. The van der Waals surface area contributed by atoms with Crippen LogP contribution in [0.5, 0.6) is 0 Å². The van der Waals surface area contributed by atoms with Crippen molar-refractivity contribution >= 4 is 9.84 Å². The Bertz CT molecular complexity index is 338. The van der Waals surface area contributed by atoms with Crippen molar-refractivity contribution in [3.63, 3.8) is 0 Å². The maximum atomic E-state index is 11.4. The molecule has 2 rings (SSSR count). The second-order valence-corrected chi connectivity index (χ2v) is 7.19. The van der Waals surface area contributed by atoms with Crippen LogP contribution < -0.4 is 10.6 Å². The van der Waals surface area contributed by atoms with Crippen molar-refractivity contribution in [2.24, 2.45) is 0 Å². The number of hydrogen-bond donors (Lipinski definition) is 2. The Morgan fingerprint density at radius 3 is 2.94 bits per heavy atom. The minimum atomic E-state index is -2.82. The molecule has 0 aromatic heterocycles. The van der Waals surface area contributed by atoms with Gasteiger partial charge >= 0.3 is 0 Å². The number of nitrogens with one attached hydrogen (secondary N) is 2. The van der Waals surface area contributed by atoms with Crippen molar-refractivity contribution in [2.75, 3.05) is 37.8 Å². The van der Waals surface area contributed by atoms with Crippen molar-refractivity contribution in [3.05, 3.63) is 0 Å². The molecule has 6 heteroatoms. The smallest absolute Gasteiger partial charge is 0.152 e. The minimum absolute atomic E-state index is 0.252. The van der Waals surface area contributed by atoms with Gasteiger partial charge in [-0.3, -0.25) is 0 Å². The van der Waals surface area contributed by atoms with E-state index in [2.05, 4.69) is 10.6 Å². The van der Waals surface area contributed by atoms with Gasteiger partial charge in [-0.25, -0.2) is 8.42 Å². The molecule has 2 aliphatic rings. The third-order valence-corrected chi connectivity index (χ3v) is 5.18. The molecule has 2 atom stereocenters. The monoisotopic (exact) mass is 248 g/mol. The van der Waals surface area contributed by atoms with Gasteiger partial charge in [0, 0.05) is 24.7 Å². The van der Waals surface area contributed by atoms with Gasteiger partial charge in [0.15, 0.2) is 9.84 Å². The summed E-state index contributed by atoms with van der Waals surface area (Å²) >= 11 is 0. The van der Waals surface area contributed by atoms with E-state index in [0.717, 1.165) is 19.7 Å². The van der Waals surface area contributed by atoms with E-state index in [9.17, 15) is 8.42 Å². The first-order valence-corrected chi connectivity index (χ1v) is 7.58. The molecule has 5 nitrogen and oxygen atoms in total. The summed E-state index contributed by atoms with van der Waals surface area (Å²) in [5.74, 6) is 0.568. The van der Waals surface area contributed by atoms with Gasteiger partial charge < -0.3 is 15.4 Å². The molecular weight excluding hydrogens is 228 g/mol. The average molecular weight is 248 g/mol. The van der Waals surface area contributed by atoms with E-state index in [4.69, 9.17) is 4.74 Å². The molecule has 0 aromatic rings. The molecule has 0 radical (unpaired) electrons. The number of hydrogen-bond acceptors (Lipinski definition) is 5. The molecule has 0 bridgehead atoms. The third-order valence-electron chi connectivity index (χ3n) is 3.28. The van der Waals surface area contributed by atoms with Crippen LogP contribution in [-0.4, -0.2) is 57.8 Å². The summed E-state index contributed by atoms with van der Waals surface area (Å²) in [7, 11) is -2.82. The zero-order chi connectivity index (χ0) is 11.6. The first-order valence-electron chi connectivity index (χ1n) is 5.76. The largest absolute Gasteiger partial charge is 0.378 e. The number of morpholine rings is 1. The Hall–Kier alpha value is -0.170. The molecule has 0 amide bonds. The van der Waals surface area contributed by atoms with Gasteiger partial charge in [-0.15, -0.1) is 0 Å². The molecule has 0 spiro atoms. The Labute approximate surface area is 96.9 Å². The highest BCUT2D eigenvalue weighted by molar-refractivity contribution is 7.91. The second-order valence-electron chi connectivity index (χ2n) is 5.01. The van der Waals surface area contributed by atoms with Gasteiger partial charge in [0.1, 0.15) is 0 Å². The highest BCUT2D eigenvalue weighted by Crippen LogP contribution is 2.22. The second kappa shape index (κ2) is 4.60. The summed E-state index contributed by atoms with van der Waals surface area (Å²) in [6, 6.07) is 0.300. The van der Waals surface area contributed by atoms with Gasteiger partial charge in [-0.1, -0.05) is 0 Å². The molecule has 16 heavy (non-hydrogen) atoms. The molecule has 2 saturated heterocycles. The topological polar surface area (TPSA) is 67.4 Å². The Morgan fingerprint density at radius 1 is 1.56 bits per heavy atom. The van der Waals surface area contributed by atoms with Crippen molar-refractivity contribution in [2.45, 2.75) is 24.9 Å². The highest BCUT2D eigenvalue weighted by atomic mass is 32.2. The lowest BCUT2D eigenvalue weighted by atomic mass is 10.0. The molecule has 0 saturated carbocycles. The molecule has 2 unspecified atom stereocenters. The van der Waals surface area contributed by atoms with Crippen molar-refractivity contribution < 1.29 is 13.2 Å². The molecule has 2 N–H and O–H groups in total. The Kier molecular flexibility index (Phi) is 3.53.